The molecule has 0 aliphatic carbocycles. The van der Waals surface area contributed by atoms with Gasteiger partial charge in [0.15, 0.2) is 0 Å². The van der Waals surface area contributed by atoms with Gasteiger partial charge in [0.2, 0.25) is 5.91 Å². The largest absolute Gasteiger partial charge is 0.332 e. The third-order valence-corrected chi connectivity index (χ3v) is 5.30. The van der Waals surface area contributed by atoms with Crippen LogP contribution in [0.25, 0.3) is 10.2 Å². The summed E-state index contributed by atoms with van der Waals surface area (Å²) in [6.07, 6.45) is 0.709. The van der Waals surface area contributed by atoms with Crippen LogP contribution in [0.1, 0.15) is 20.3 Å². The molecule has 3 aromatic rings. The van der Waals surface area contributed by atoms with Crippen molar-refractivity contribution < 1.29 is 4.79 Å². The van der Waals surface area contributed by atoms with E-state index in [1.54, 1.807) is 35.7 Å². The molecule has 6 nitrogen and oxygen atoms in total. The number of anilines is 1. The molecule has 8 heteroatoms. The van der Waals surface area contributed by atoms with Crippen LogP contribution in [0.3, 0.4) is 0 Å². The summed E-state index contributed by atoms with van der Waals surface area (Å²) in [5, 5.41) is 4.99. The average Bonchev–Trinajstić information content (AvgIpc) is 3.08. The molecule has 27 heavy (non-hydrogen) atoms. The molecule has 0 saturated carbocycles. The number of fused-ring (bicyclic) bond motifs is 1. The molecule has 0 spiro atoms. The summed E-state index contributed by atoms with van der Waals surface area (Å²) in [6.45, 7) is 4.22. The normalized spacial score (nSPS) is 11.3. The van der Waals surface area contributed by atoms with Crippen molar-refractivity contribution in [2.75, 3.05) is 5.32 Å². The van der Waals surface area contributed by atoms with E-state index < -0.39 is 5.69 Å². The number of nitrogens with zero attached hydrogens (tertiary/aromatic N) is 2. The highest BCUT2D eigenvalue weighted by atomic mass is 35.5. The number of nitrogens with one attached hydrogen (secondary N) is 1. The third-order valence-electron chi connectivity index (χ3n) is 4.18. The summed E-state index contributed by atoms with van der Waals surface area (Å²) in [6, 6.07) is 8.49. The van der Waals surface area contributed by atoms with Crippen molar-refractivity contribution in [1.29, 1.82) is 0 Å². The fourth-order valence-electron chi connectivity index (χ4n) is 2.78. The molecule has 0 atom stereocenters. The summed E-state index contributed by atoms with van der Waals surface area (Å²) in [5.74, 6) is -0.00386. The highest BCUT2D eigenvalue weighted by Gasteiger charge is 2.16. The van der Waals surface area contributed by atoms with Crippen molar-refractivity contribution in [3.05, 3.63) is 61.6 Å². The number of hydrogen-bond donors (Lipinski definition) is 1. The Bertz CT molecular complexity index is 1100. The van der Waals surface area contributed by atoms with Crippen LogP contribution >= 0.6 is 22.9 Å². The molecule has 1 amide bonds. The van der Waals surface area contributed by atoms with E-state index in [-0.39, 0.29) is 18.0 Å². The molecule has 0 bridgehead atoms. The molecule has 2 aromatic heterocycles. The molecule has 0 radical (unpaired) electrons. The van der Waals surface area contributed by atoms with E-state index >= 15 is 0 Å². The SMILES string of the molecule is CC(C)CCn1c(=O)c2sccc2n(CC(=O)Nc2cccc(Cl)c2)c1=O. The summed E-state index contributed by atoms with van der Waals surface area (Å²) in [5.41, 5.74) is 0.275. The second kappa shape index (κ2) is 8.10. The lowest BCUT2D eigenvalue weighted by Crippen LogP contribution is -2.41. The van der Waals surface area contributed by atoms with Gasteiger partial charge < -0.3 is 5.32 Å². The summed E-state index contributed by atoms with van der Waals surface area (Å²) < 4.78 is 3.06. The maximum atomic E-state index is 12.9. The smallest absolute Gasteiger partial charge is 0.324 e. The van der Waals surface area contributed by atoms with Crippen LogP contribution in [-0.2, 0) is 17.9 Å². The van der Waals surface area contributed by atoms with E-state index in [9.17, 15) is 14.4 Å². The van der Waals surface area contributed by atoms with E-state index in [4.69, 9.17) is 11.6 Å². The van der Waals surface area contributed by atoms with Gasteiger partial charge in [0.05, 0.1) is 5.52 Å². The summed E-state index contributed by atoms with van der Waals surface area (Å²) in [4.78, 5) is 38.0. The zero-order valence-electron chi connectivity index (χ0n) is 15.1. The lowest BCUT2D eigenvalue weighted by Gasteiger charge is -2.13. The van der Waals surface area contributed by atoms with Crippen LogP contribution in [0.5, 0.6) is 0 Å². The van der Waals surface area contributed by atoms with Gasteiger partial charge in [-0.05, 0) is 42.0 Å². The van der Waals surface area contributed by atoms with Crippen molar-refractivity contribution in [3.8, 4) is 0 Å². The number of rotatable bonds is 6. The van der Waals surface area contributed by atoms with Crippen LogP contribution in [0.4, 0.5) is 5.69 Å². The molecule has 2 heterocycles. The van der Waals surface area contributed by atoms with Crippen LogP contribution in [0.15, 0.2) is 45.3 Å². The van der Waals surface area contributed by atoms with Crippen molar-refractivity contribution in [3.63, 3.8) is 0 Å². The lowest BCUT2D eigenvalue weighted by atomic mass is 10.1. The molecule has 0 unspecified atom stereocenters. The molecule has 3 rings (SSSR count). The third kappa shape index (κ3) is 4.31. The minimum atomic E-state index is -0.465. The highest BCUT2D eigenvalue weighted by Crippen LogP contribution is 2.17. The topological polar surface area (TPSA) is 73.1 Å². The summed E-state index contributed by atoms with van der Waals surface area (Å²) in [7, 11) is 0. The van der Waals surface area contributed by atoms with Crippen LogP contribution in [0, 0.1) is 5.92 Å². The first-order valence-corrected chi connectivity index (χ1v) is 9.89. The molecule has 1 aromatic carbocycles. The Kier molecular flexibility index (Phi) is 5.82. The molecule has 0 aliphatic rings. The van der Waals surface area contributed by atoms with Crippen molar-refractivity contribution in [1.82, 2.24) is 9.13 Å². The van der Waals surface area contributed by atoms with Gasteiger partial charge >= 0.3 is 5.69 Å². The van der Waals surface area contributed by atoms with Crippen molar-refractivity contribution >= 4 is 44.7 Å². The average molecular weight is 406 g/mol. The first kappa shape index (κ1) is 19.4. The van der Waals surface area contributed by atoms with E-state index in [2.05, 4.69) is 5.32 Å². The number of hydrogen-bond acceptors (Lipinski definition) is 4. The van der Waals surface area contributed by atoms with Crippen LogP contribution < -0.4 is 16.6 Å². The standard InChI is InChI=1S/C19H20ClN3O3S/c1-12(2)6-8-22-18(25)17-15(7-9-27-17)23(19(22)26)11-16(24)21-14-5-3-4-13(20)10-14/h3-5,7,9-10,12H,6,8,11H2,1-2H3,(H,21,24). The number of aromatic nitrogens is 2. The number of halogens is 1. The van der Waals surface area contributed by atoms with E-state index in [0.717, 1.165) is 0 Å². The Morgan fingerprint density at radius 3 is 2.70 bits per heavy atom. The fraction of sp³-hybridized carbons (Fsp3) is 0.316. The molecule has 0 saturated heterocycles. The Balaban J connectivity index is 1.95. The Morgan fingerprint density at radius 1 is 1.22 bits per heavy atom. The predicted molar refractivity (Wildman–Crippen MR) is 110 cm³/mol. The van der Waals surface area contributed by atoms with Gasteiger partial charge in [-0.1, -0.05) is 31.5 Å². The number of amides is 1. The Morgan fingerprint density at radius 2 is 2.00 bits per heavy atom. The zero-order chi connectivity index (χ0) is 19.6. The van der Waals surface area contributed by atoms with E-state index in [1.807, 2.05) is 13.8 Å². The minimum Gasteiger partial charge on any atom is -0.324 e. The fourth-order valence-corrected chi connectivity index (χ4v) is 3.81. The van der Waals surface area contributed by atoms with Gasteiger partial charge in [0.1, 0.15) is 11.2 Å². The Labute approximate surface area is 165 Å². The van der Waals surface area contributed by atoms with E-state index in [1.165, 1.54) is 20.5 Å². The van der Waals surface area contributed by atoms with Gasteiger partial charge in [-0.25, -0.2) is 4.79 Å². The number of benzene rings is 1. The molecule has 142 valence electrons. The second-order valence-electron chi connectivity index (χ2n) is 6.70. The molecular weight excluding hydrogens is 386 g/mol. The number of thiophene rings is 1. The second-order valence-corrected chi connectivity index (χ2v) is 8.05. The maximum Gasteiger partial charge on any atom is 0.332 e. The van der Waals surface area contributed by atoms with Gasteiger partial charge in [0, 0.05) is 17.3 Å². The maximum absolute atomic E-state index is 12.9. The van der Waals surface area contributed by atoms with Gasteiger partial charge in [-0.15, -0.1) is 11.3 Å². The highest BCUT2D eigenvalue weighted by molar-refractivity contribution is 7.17. The molecular formula is C19H20ClN3O3S. The van der Waals surface area contributed by atoms with Crippen LogP contribution in [-0.4, -0.2) is 15.0 Å². The number of carbonyl (C=O) groups is 1. The molecule has 0 fully saturated rings. The van der Waals surface area contributed by atoms with Gasteiger partial charge in [-0.3, -0.25) is 18.7 Å². The van der Waals surface area contributed by atoms with E-state index in [0.29, 0.717) is 39.8 Å². The predicted octanol–water partition coefficient (Wildman–Crippen LogP) is 3.56. The summed E-state index contributed by atoms with van der Waals surface area (Å²) >= 11 is 7.21. The quantitative estimate of drug-likeness (QED) is 0.681. The molecule has 1 N–H and O–H groups in total. The monoisotopic (exact) mass is 405 g/mol. The minimum absolute atomic E-state index is 0.180. The Hall–Kier alpha value is -2.38. The molecule has 0 aliphatic heterocycles. The van der Waals surface area contributed by atoms with Crippen molar-refractivity contribution in [2.24, 2.45) is 5.92 Å². The first-order chi connectivity index (χ1) is 12.9. The van der Waals surface area contributed by atoms with Crippen molar-refractivity contribution in [2.45, 2.75) is 33.4 Å². The van der Waals surface area contributed by atoms with Gasteiger partial charge in [-0.2, -0.15) is 0 Å². The zero-order valence-corrected chi connectivity index (χ0v) is 16.6. The first-order valence-electron chi connectivity index (χ1n) is 8.63. The van der Waals surface area contributed by atoms with Gasteiger partial charge in [0.25, 0.3) is 5.56 Å². The number of carbonyl (C=O) groups excluding carboxylic acids is 1. The van der Waals surface area contributed by atoms with Crippen LogP contribution in [0.2, 0.25) is 5.02 Å². The lowest BCUT2D eigenvalue weighted by molar-refractivity contribution is -0.116.